The predicted octanol–water partition coefficient (Wildman–Crippen LogP) is 6.47. The number of methoxy groups -OCH3 is 2. The normalized spacial score (nSPS) is 11.8. The van der Waals surface area contributed by atoms with Gasteiger partial charge >= 0.3 is 0 Å². The number of nitrogens with zero attached hydrogens (tertiary/aromatic N) is 1. The molecule has 1 aromatic carbocycles. The van der Waals surface area contributed by atoms with E-state index in [0.717, 1.165) is 29.7 Å². The highest BCUT2D eigenvalue weighted by atomic mass is 16.5. The van der Waals surface area contributed by atoms with Gasteiger partial charge in [-0.15, -0.1) is 0 Å². The summed E-state index contributed by atoms with van der Waals surface area (Å²) in [6, 6.07) is 7.36. The van der Waals surface area contributed by atoms with E-state index in [1.54, 1.807) is 26.5 Å². The molecule has 1 N–H and O–H groups in total. The summed E-state index contributed by atoms with van der Waals surface area (Å²) < 4.78 is 16.5. The van der Waals surface area contributed by atoms with E-state index in [-0.39, 0.29) is 11.2 Å². The number of furan rings is 1. The maximum Gasteiger partial charge on any atom is 0.230 e. The Morgan fingerprint density at radius 1 is 1.00 bits per heavy atom. The van der Waals surface area contributed by atoms with Gasteiger partial charge in [0.05, 0.1) is 25.3 Å². The number of benzene rings is 1. The molecular weight excluding hydrogens is 366 g/mol. The van der Waals surface area contributed by atoms with Gasteiger partial charge in [-0.1, -0.05) is 46.5 Å². The van der Waals surface area contributed by atoms with Crippen molar-refractivity contribution in [2.24, 2.45) is 0 Å². The fourth-order valence-electron chi connectivity index (χ4n) is 3.66. The van der Waals surface area contributed by atoms with Gasteiger partial charge in [0.2, 0.25) is 5.71 Å². The molecule has 5 nitrogen and oxygen atoms in total. The lowest BCUT2D eigenvalue weighted by molar-refractivity contribution is 0.394. The number of rotatable bonds is 9. The van der Waals surface area contributed by atoms with Crippen LogP contribution in [0, 0.1) is 0 Å². The Kier molecular flexibility index (Phi) is 6.36. The summed E-state index contributed by atoms with van der Waals surface area (Å²) in [5.74, 6) is 1.52. The minimum Gasteiger partial charge on any atom is -0.507 e. The number of unbranched alkanes of at least 4 members (excludes halogenated alkanes) is 3. The summed E-state index contributed by atoms with van der Waals surface area (Å²) in [5.41, 5.74) is 2.76. The predicted molar refractivity (Wildman–Crippen MR) is 116 cm³/mol. The Hall–Kier alpha value is -2.69. The summed E-state index contributed by atoms with van der Waals surface area (Å²) >= 11 is 0. The number of aromatic nitrogens is 1. The van der Waals surface area contributed by atoms with Crippen molar-refractivity contribution in [3.63, 3.8) is 0 Å². The van der Waals surface area contributed by atoms with Crippen LogP contribution in [-0.2, 0) is 5.41 Å². The zero-order chi connectivity index (χ0) is 21.0. The van der Waals surface area contributed by atoms with Gasteiger partial charge in [0, 0.05) is 23.1 Å². The lowest BCUT2D eigenvalue weighted by Crippen LogP contribution is -2.18. The molecule has 0 aliphatic carbocycles. The summed E-state index contributed by atoms with van der Waals surface area (Å²) in [7, 11) is 3.22. The Labute approximate surface area is 172 Å². The summed E-state index contributed by atoms with van der Waals surface area (Å²) in [6.07, 6.45) is 7.48. The van der Waals surface area contributed by atoms with Crippen molar-refractivity contribution >= 4 is 11.1 Å². The van der Waals surface area contributed by atoms with Gasteiger partial charge in [-0.05, 0) is 24.1 Å². The highest BCUT2D eigenvalue weighted by molar-refractivity contribution is 5.97. The lowest BCUT2D eigenvalue weighted by atomic mass is 9.83. The van der Waals surface area contributed by atoms with Gasteiger partial charge in [0.15, 0.2) is 0 Å². The Morgan fingerprint density at radius 3 is 2.31 bits per heavy atom. The standard InChI is InChI=1S/C24H31NO4/c1-6-7-8-9-10-24(2,3)21-14-20(26)22-19(15-29-23(22)25-21)16-11-17(27-4)13-18(12-16)28-5/h11-15H,6-10H2,1-5H3,(H,25,26). The van der Waals surface area contributed by atoms with E-state index in [4.69, 9.17) is 18.9 Å². The van der Waals surface area contributed by atoms with Gasteiger partial charge in [-0.25, -0.2) is 4.98 Å². The molecule has 0 spiro atoms. The molecule has 3 aromatic rings. The van der Waals surface area contributed by atoms with Crippen molar-refractivity contribution in [2.75, 3.05) is 14.2 Å². The van der Waals surface area contributed by atoms with Crippen LogP contribution < -0.4 is 9.47 Å². The molecule has 0 radical (unpaired) electrons. The van der Waals surface area contributed by atoms with E-state index in [1.165, 1.54) is 19.3 Å². The monoisotopic (exact) mass is 397 g/mol. The minimum atomic E-state index is -0.133. The molecule has 0 aliphatic rings. The van der Waals surface area contributed by atoms with Crippen molar-refractivity contribution in [3.8, 4) is 28.4 Å². The number of ether oxygens (including phenoxy) is 2. The molecule has 156 valence electrons. The first kappa shape index (κ1) is 21.0. The molecule has 0 fully saturated rings. The van der Waals surface area contributed by atoms with Crippen LogP contribution in [0.3, 0.4) is 0 Å². The molecule has 0 saturated heterocycles. The third-order valence-corrected chi connectivity index (χ3v) is 5.53. The summed E-state index contributed by atoms with van der Waals surface area (Å²) in [4.78, 5) is 4.75. The van der Waals surface area contributed by atoms with Crippen LogP contribution in [0.25, 0.3) is 22.2 Å². The molecule has 0 bridgehead atoms. The van der Waals surface area contributed by atoms with Crippen LogP contribution in [0.1, 0.15) is 58.6 Å². The second kappa shape index (κ2) is 8.76. The quantitative estimate of drug-likeness (QED) is 0.419. The largest absolute Gasteiger partial charge is 0.507 e. The molecule has 2 heterocycles. The van der Waals surface area contributed by atoms with Crippen molar-refractivity contribution in [1.29, 1.82) is 0 Å². The third-order valence-electron chi connectivity index (χ3n) is 5.53. The third kappa shape index (κ3) is 4.50. The molecule has 0 saturated carbocycles. The van der Waals surface area contributed by atoms with Crippen LogP contribution in [0.5, 0.6) is 17.2 Å². The Bertz CT molecular complexity index is 952. The second-order valence-corrected chi connectivity index (χ2v) is 8.15. The molecule has 0 atom stereocenters. The van der Waals surface area contributed by atoms with Gasteiger partial charge in [0.1, 0.15) is 23.5 Å². The van der Waals surface area contributed by atoms with Crippen molar-refractivity contribution < 1.29 is 19.0 Å². The number of hydrogen-bond donors (Lipinski definition) is 1. The average Bonchev–Trinajstić information content (AvgIpc) is 3.15. The van der Waals surface area contributed by atoms with Crippen LogP contribution in [0.4, 0.5) is 0 Å². The number of aromatic hydroxyl groups is 1. The van der Waals surface area contributed by atoms with Crippen LogP contribution in [-0.4, -0.2) is 24.3 Å². The zero-order valence-corrected chi connectivity index (χ0v) is 18.0. The van der Waals surface area contributed by atoms with E-state index >= 15 is 0 Å². The molecule has 3 rings (SSSR count). The maximum atomic E-state index is 10.8. The van der Waals surface area contributed by atoms with E-state index in [2.05, 4.69) is 20.8 Å². The Morgan fingerprint density at radius 2 is 1.69 bits per heavy atom. The zero-order valence-electron chi connectivity index (χ0n) is 18.0. The van der Waals surface area contributed by atoms with Gasteiger partial charge < -0.3 is 19.0 Å². The smallest absolute Gasteiger partial charge is 0.230 e. The van der Waals surface area contributed by atoms with E-state index in [0.29, 0.717) is 22.6 Å². The van der Waals surface area contributed by atoms with E-state index in [9.17, 15) is 5.11 Å². The summed E-state index contributed by atoms with van der Waals surface area (Å²) in [5, 5.41) is 11.4. The number of pyridine rings is 1. The topological polar surface area (TPSA) is 64.7 Å². The maximum absolute atomic E-state index is 10.8. The first-order valence-electron chi connectivity index (χ1n) is 10.2. The molecule has 5 heteroatoms. The lowest BCUT2D eigenvalue weighted by Gasteiger charge is -2.24. The van der Waals surface area contributed by atoms with Crippen molar-refractivity contribution in [1.82, 2.24) is 4.98 Å². The highest BCUT2D eigenvalue weighted by Crippen LogP contribution is 2.41. The second-order valence-electron chi connectivity index (χ2n) is 8.15. The van der Waals surface area contributed by atoms with Crippen LogP contribution >= 0.6 is 0 Å². The average molecular weight is 398 g/mol. The van der Waals surface area contributed by atoms with Gasteiger partial charge in [0.25, 0.3) is 0 Å². The molecule has 0 amide bonds. The summed E-state index contributed by atoms with van der Waals surface area (Å²) in [6.45, 7) is 6.55. The number of fused-ring (bicyclic) bond motifs is 1. The fourth-order valence-corrected chi connectivity index (χ4v) is 3.66. The first-order valence-corrected chi connectivity index (χ1v) is 10.2. The fraction of sp³-hybridized carbons (Fsp3) is 0.458. The van der Waals surface area contributed by atoms with Gasteiger partial charge in [-0.2, -0.15) is 0 Å². The SMILES string of the molecule is CCCCCCC(C)(C)c1cc(O)c2c(-c3cc(OC)cc(OC)c3)coc2n1. The molecule has 0 aliphatic heterocycles. The Balaban J connectivity index is 1.98. The minimum absolute atomic E-state index is 0.133. The first-order chi connectivity index (χ1) is 13.9. The van der Waals surface area contributed by atoms with Crippen LogP contribution in [0.15, 0.2) is 34.9 Å². The van der Waals surface area contributed by atoms with Crippen molar-refractivity contribution in [3.05, 3.63) is 36.2 Å². The molecular formula is C24H31NO4. The van der Waals surface area contributed by atoms with Crippen molar-refractivity contribution in [2.45, 2.75) is 58.3 Å². The molecule has 29 heavy (non-hydrogen) atoms. The van der Waals surface area contributed by atoms with E-state index in [1.807, 2.05) is 18.2 Å². The van der Waals surface area contributed by atoms with Crippen LogP contribution in [0.2, 0.25) is 0 Å². The van der Waals surface area contributed by atoms with E-state index < -0.39 is 0 Å². The van der Waals surface area contributed by atoms with Gasteiger partial charge in [-0.3, -0.25) is 0 Å². The molecule has 0 unspecified atom stereocenters. The highest BCUT2D eigenvalue weighted by Gasteiger charge is 2.25. The number of hydrogen-bond acceptors (Lipinski definition) is 5. The molecule has 2 aromatic heterocycles.